The molecular formula is C12H13F3N2O. The first-order valence-corrected chi connectivity index (χ1v) is 5.59. The van der Waals surface area contributed by atoms with Crippen LogP contribution in [-0.2, 0) is 4.79 Å². The van der Waals surface area contributed by atoms with Gasteiger partial charge in [-0.2, -0.15) is 13.2 Å². The van der Waals surface area contributed by atoms with E-state index in [-0.39, 0.29) is 18.7 Å². The Balaban J connectivity index is 2.22. The largest absolute Gasteiger partial charge is 0.403 e. The molecule has 1 aromatic rings. The zero-order chi connectivity index (χ0) is 13.3. The van der Waals surface area contributed by atoms with Crippen LogP contribution in [0.3, 0.4) is 0 Å². The second-order valence-electron chi connectivity index (χ2n) is 4.42. The highest BCUT2D eigenvalue weighted by atomic mass is 19.4. The van der Waals surface area contributed by atoms with Gasteiger partial charge < -0.3 is 11.1 Å². The van der Waals surface area contributed by atoms with Crippen LogP contribution >= 0.6 is 0 Å². The summed E-state index contributed by atoms with van der Waals surface area (Å²) in [7, 11) is 0. The first-order valence-electron chi connectivity index (χ1n) is 5.59. The van der Waals surface area contributed by atoms with Gasteiger partial charge in [0.1, 0.15) is 6.04 Å². The van der Waals surface area contributed by atoms with Crippen molar-refractivity contribution in [3.63, 3.8) is 0 Å². The van der Waals surface area contributed by atoms with Crippen molar-refractivity contribution in [1.29, 1.82) is 0 Å². The zero-order valence-electron chi connectivity index (χ0n) is 9.50. The van der Waals surface area contributed by atoms with E-state index < -0.39 is 18.1 Å². The Morgan fingerprint density at radius 2 is 2.06 bits per heavy atom. The molecule has 1 aliphatic heterocycles. The molecule has 18 heavy (non-hydrogen) atoms. The number of anilines is 1. The molecule has 1 unspecified atom stereocenters. The lowest BCUT2D eigenvalue weighted by Crippen LogP contribution is -2.39. The Bertz CT molecular complexity index is 459. The van der Waals surface area contributed by atoms with Gasteiger partial charge in [-0.3, -0.25) is 4.79 Å². The second-order valence-corrected chi connectivity index (χ2v) is 4.42. The molecule has 98 valence electrons. The summed E-state index contributed by atoms with van der Waals surface area (Å²) in [6.07, 6.45) is -4.66. The van der Waals surface area contributed by atoms with Gasteiger partial charge in [-0.1, -0.05) is 18.2 Å². The van der Waals surface area contributed by atoms with Gasteiger partial charge in [-0.25, -0.2) is 0 Å². The van der Waals surface area contributed by atoms with Crippen molar-refractivity contribution in [2.75, 3.05) is 5.32 Å². The van der Waals surface area contributed by atoms with E-state index in [1.165, 1.54) is 0 Å². The quantitative estimate of drug-likeness (QED) is 0.855. The molecule has 0 spiro atoms. The molecule has 2 atom stereocenters. The van der Waals surface area contributed by atoms with E-state index >= 15 is 0 Å². The van der Waals surface area contributed by atoms with Gasteiger partial charge in [-0.15, -0.1) is 0 Å². The average Bonchev–Trinajstić information content (AvgIpc) is 2.27. The molecule has 0 fully saturated rings. The van der Waals surface area contributed by atoms with E-state index in [0.29, 0.717) is 5.69 Å². The van der Waals surface area contributed by atoms with Gasteiger partial charge in [0.15, 0.2) is 0 Å². The van der Waals surface area contributed by atoms with Gasteiger partial charge in [0.05, 0.1) is 0 Å². The van der Waals surface area contributed by atoms with Crippen LogP contribution in [0.4, 0.5) is 18.9 Å². The number of rotatable bonds is 2. The fourth-order valence-corrected chi connectivity index (χ4v) is 2.15. The molecule has 0 bridgehead atoms. The number of amides is 1. The van der Waals surface area contributed by atoms with Crippen LogP contribution in [-0.4, -0.2) is 18.1 Å². The molecule has 3 nitrogen and oxygen atoms in total. The molecule has 1 heterocycles. The molecule has 1 amide bonds. The number of carbonyl (C=O) groups is 1. The SMILES string of the molecule is N[C@@H](CC1CC(=O)Nc2ccccc21)C(F)(F)F. The Kier molecular flexibility index (Phi) is 3.30. The first-order chi connectivity index (χ1) is 8.38. The summed E-state index contributed by atoms with van der Waals surface area (Å²) < 4.78 is 37.4. The van der Waals surface area contributed by atoms with Crippen LogP contribution in [0.2, 0.25) is 0 Å². The number of hydrogen-bond acceptors (Lipinski definition) is 2. The maximum Gasteiger partial charge on any atom is 0.403 e. The van der Waals surface area contributed by atoms with Crippen LogP contribution < -0.4 is 11.1 Å². The maximum absolute atomic E-state index is 12.5. The normalized spacial score (nSPS) is 21.1. The summed E-state index contributed by atoms with van der Waals surface area (Å²) in [4.78, 5) is 11.4. The summed E-state index contributed by atoms with van der Waals surface area (Å²) in [5.74, 6) is -0.750. The fraction of sp³-hybridized carbons (Fsp3) is 0.417. The number of benzene rings is 1. The number of fused-ring (bicyclic) bond motifs is 1. The predicted molar refractivity (Wildman–Crippen MR) is 61.1 cm³/mol. The molecule has 3 N–H and O–H groups in total. The summed E-state index contributed by atoms with van der Waals surface area (Å²) >= 11 is 0. The van der Waals surface area contributed by atoms with Crippen molar-refractivity contribution in [2.45, 2.75) is 31.0 Å². The highest BCUT2D eigenvalue weighted by molar-refractivity contribution is 5.94. The van der Waals surface area contributed by atoms with Crippen molar-refractivity contribution in [1.82, 2.24) is 0 Å². The van der Waals surface area contributed by atoms with E-state index in [1.807, 2.05) is 0 Å². The molecule has 1 aliphatic rings. The molecule has 0 saturated carbocycles. The van der Waals surface area contributed by atoms with Crippen molar-refractivity contribution in [3.05, 3.63) is 29.8 Å². The van der Waals surface area contributed by atoms with Crippen LogP contribution in [0.1, 0.15) is 24.3 Å². The molecular weight excluding hydrogens is 245 g/mol. The number of nitrogens with two attached hydrogens (primary N) is 1. The summed E-state index contributed by atoms with van der Waals surface area (Å²) in [6.45, 7) is 0. The number of halogens is 3. The first kappa shape index (κ1) is 12.9. The third-order valence-corrected chi connectivity index (χ3v) is 3.07. The van der Waals surface area contributed by atoms with Gasteiger partial charge in [0.2, 0.25) is 5.91 Å². The van der Waals surface area contributed by atoms with Gasteiger partial charge >= 0.3 is 6.18 Å². The third-order valence-electron chi connectivity index (χ3n) is 3.07. The lowest BCUT2D eigenvalue weighted by atomic mass is 9.85. The van der Waals surface area contributed by atoms with Gasteiger partial charge in [-0.05, 0) is 24.0 Å². The predicted octanol–water partition coefficient (Wildman–Crippen LogP) is 2.39. The third kappa shape index (κ3) is 2.64. The average molecular weight is 258 g/mol. The maximum atomic E-state index is 12.5. The van der Waals surface area contributed by atoms with Crippen LogP contribution in [0.15, 0.2) is 24.3 Å². The van der Waals surface area contributed by atoms with Crippen molar-refractivity contribution in [3.8, 4) is 0 Å². The zero-order valence-corrected chi connectivity index (χ0v) is 9.50. The van der Waals surface area contributed by atoms with E-state index in [1.54, 1.807) is 24.3 Å². The summed E-state index contributed by atoms with van der Waals surface area (Å²) in [5.41, 5.74) is 6.42. The molecule has 0 saturated heterocycles. The number of hydrogen-bond donors (Lipinski definition) is 2. The minimum absolute atomic E-state index is 0.0425. The second kappa shape index (κ2) is 4.61. The summed E-state index contributed by atoms with van der Waals surface area (Å²) in [6, 6.07) is 4.97. The molecule has 2 rings (SSSR count). The van der Waals surface area contributed by atoms with Crippen molar-refractivity contribution in [2.24, 2.45) is 5.73 Å². The van der Waals surface area contributed by atoms with Crippen LogP contribution in [0, 0.1) is 0 Å². The van der Waals surface area contributed by atoms with Gasteiger partial charge in [0.25, 0.3) is 0 Å². The van der Waals surface area contributed by atoms with E-state index in [2.05, 4.69) is 5.32 Å². The number of alkyl halides is 3. The van der Waals surface area contributed by atoms with Crippen LogP contribution in [0.5, 0.6) is 0 Å². The lowest BCUT2D eigenvalue weighted by molar-refractivity contribution is -0.150. The molecule has 0 aliphatic carbocycles. The smallest absolute Gasteiger partial charge is 0.326 e. The number of carbonyl (C=O) groups excluding carboxylic acids is 1. The van der Waals surface area contributed by atoms with Crippen molar-refractivity contribution >= 4 is 11.6 Å². The summed E-state index contributed by atoms with van der Waals surface area (Å²) in [5, 5.41) is 2.64. The molecule has 0 aromatic heterocycles. The highest BCUT2D eigenvalue weighted by Gasteiger charge is 2.39. The highest BCUT2D eigenvalue weighted by Crippen LogP contribution is 2.37. The number of nitrogens with one attached hydrogen (secondary N) is 1. The monoisotopic (exact) mass is 258 g/mol. The Labute approximate surface area is 102 Å². The van der Waals surface area contributed by atoms with E-state index in [0.717, 1.165) is 5.56 Å². The number of para-hydroxylation sites is 1. The van der Waals surface area contributed by atoms with E-state index in [4.69, 9.17) is 5.73 Å². The van der Waals surface area contributed by atoms with Gasteiger partial charge in [0, 0.05) is 12.1 Å². The minimum atomic E-state index is -4.43. The minimum Gasteiger partial charge on any atom is -0.326 e. The molecule has 6 heteroatoms. The Hall–Kier alpha value is -1.56. The van der Waals surface area contributed by atoms with E-state index in [9.17, 15) is 18.0 Å². The van der Waals surface area contributed by atoms with Crippen LogP contribution in [0.25, 0.3) is 0 Å². The Morgan fingerprint density at radius 3 is 2.72 bits per heavy atom. The van der Waals surface area contributed by atoms with Crippen molar-refractivity contribution < 1.29 is 18.0 Å². The fourth-order valence-electron chi connectivity index (χ4n) is 2.15. The lowest BCUT2D eigenvalue weighted by Gasteiger charge is -2.28. The molecule has 1 aromatic carbocycles. The topological polar surface area (TPSA) is 55.1 Å². The molecule has 0 radical (unpaired) electrons. The Morgan fingerprint density at radius 1 is 1.39 bits per heavy atom. The standard InChI is InChI=1S/C12H13F3N2O/c13-12(14,15)10(16)5-7-6-11(18)17-9-4-2-1-3-8(7)9/h1-4,7,10H,5-6,16H2,(H,17,18)/t7?,10-/m0/s1.